The van der Waals surface area contributed by atoms with Crippen molar-refractivity contribution in [2.24, 2.45) is 0 Å². The molecular weight excluding hydrogens is 491 g/mol. The standard InChI is InChI=1S/C26H28Cl2N2O3S/c1-17-5-7-21(8-6-17)14-29-25(31)16-30(15-22-9-10-23(27)24(28)13-22)34(32,33)26-19(3)11-18(2)12-20(26)4/h5-13H,14-16H2,1-4H3,(H,29,31). The van der Waals surface area contributed by atoms with Crippen LogP contribution in [0.3, 0.4) is 0 Å². The van der Waals surface area contributed by atoms with Crippen molar-refractivity contribution in [2.75, 3.05) is 6.54 Å². The lowest BCUT2D eigenvalue weighted by Gasteiger charge is -2.24. The largest absolute Gasteiger partial charge is 0.351 e. The third kappa shape index (κ3) is 6.39. The predicted molar refractivity (Wildman–Crippen MR) is 138 cm³/mol. The summed E-state index contributed by atoms with van der Waals surface area (Å²) >= 11 is 12.2. The molecule has 3 aromatic carbocycles. The van der Waals surface area contributed by atoms with Crippen LogP contribution in [0.25, 0.3) is 0 Å². The lowest BCUT2D eigenvalue weighted by molar-refractivity contribution is -0.121. The monoisotopic (exact) mass is 518 g/mol. The fourth-order valence-corrected chi connectivity index (χ4v) is 6.01. The fraction of sp³-hybridized carbons (Fsp3) is 0.269. The molecule has 3 rings (SSSR count). The zero-order valence-electron chi connectivity index (χ0n) is 19.7. The second-order valence-corrected chi connectivity index (χ2v) is 11.2. The van der Waals surface area contributed by atoms with E-state index in [1.165, 1.54) is 4.31 Å². The minimum atomic E-state index is -3.99. The number of aryl methyl sites for hydroxylation is 4. The highest BCUT2D eigenvalue weighted by Gasteiger charge is 2.30. The first-order valence-electron chi connectivity index (χ1n) is 10.8. The Bertz CT molecular complexity index is 1280. The summed E-state index contributed by atoms with van der Waals surface area (Å²) in [5.74, 6) is -0.397. The van der Waals surface area contributed by atoms with Crippen LogP contribution in [0, 0.1) is 27.7 Å². The van der Waals surface area contributed by atoms with Crippen LogP contribution in [-0.4, -0.2) is 25.2 Å². The van der Waals surface area contributed by atoms with Crippen LogP contribution < -0.4 is 5.32 Å². The number of carbonyl (C=O) groups is 1. The highest BCUT2D eigenvalue weighted by molar-refractivity contribution is 7.89. The number of hydrogen-bond donors (Lipinski definition) is 1. The number of sulfonamides is 1. The molecule has 0 aliphatic rings. The molecule has 0 aliphatic heterocycles. The fourth-order valence-electron chi connectivity index (χ4n) is 3.89. The van der Waals surface area contributed by atoms with Gasteiger partial charge >= 0.3 is 0 Å². The van der Waals surface area contributed by atoms with Gasteiger partial charge in [-0.1, -0.05) is 76.8 Å². The third-order valence-electron chi connectivity index (χ3n) is 5.48. The minimum absolute atomic E-state index is 0.0239. The smallest absolute Gasteiger partial charge is 0.244 e. The molecule has 0 atom stereocenters. The van der Waals surface area contributed by atoms with Crippen LogP contribution in [0.5, 0.6) is 0 Å². The molecule has 0 aliphatic carbocycles. The van der Waals surface area contributed by atoms with Crippen molar-refractivity contribution >= 4 is 39.1 Å². The summed E-state index contributed by atoms with van der Waals surface area (Å²) in [5, 5.41) is 3.52. The molecule has 3 aromatic rings. The maximum absolute atomic E-state index is 13.8. The highest BCUT2D eigenvalue weighted by atomic mass is 35.5. The maximum atomic E-state index is 13.8. The van der Waals surface area contributed by atoms with E-state index in [2.05, 4.69) is 5.32 Å². The molecule has 0 saturated heterocycles. The van der Waals surface area contributed by atoms with E-state index in [1.807, 2.05) is 50.2 Å². The molecular formula is C26H28Cl2N2O3S. The Morgan fingerprint density at radius 2 is 1.41 bits per heavy atom. The van der Waals surface area contributed by atoms with E-state index in [1.54, 1.807) is 32.0 Å². The zero-order valence-corrected chi connectivity index (χ0v) is 22.0. The number of nitrogens with zero attached hydrogens (tertiary/aromatic N) is 1. The van der Waals surface area contributed by atoms with Gasteiger partial charge in [0.05, 0.1) is 21.5 Å². The SMILES string of the molecule is Cc1ccc(CNC(=O)CN(Cc2ccc(Cl)c(Cl)c2)S(=O)(=O)c2c(C)cc(C)cc2C)cc1. The summed E-state index contributed by atoms with van der Waals surface area (Å²) in [6.07, 6.45) is 0. The Kier molecular flexibility index (Phi) is 8.42. The van der Waals surface area contributed by atoms with Gasteiger partial charge in [-0.2, -0.15) is 4.31 Å². The van der Waals surface area contributed by atoms with Crippen molar-refractivity contribution in [2.45, 2.75) is 45.7 Å². The van der Waals surface area contributed by atoms with Gasteiger partial charge in [0.15, 0.2) is 0 Å². The molecule has 5 nitrogen and oxygen atoms in total. The summed E-state index contributed by atoms with van der Waals surface area (Å²) in [7, 11) is -3.99. The lowest BCUT2D eigenvalue weighted by Crippen LogP contribution is -2.40. The number of nitrogens with one attached hydrogen (secondary N) is 1. The minimum Gasteiger partial charge on any atom is -0.351 e. The molecule has 0 unspecified atom stereocenters. The number of benzene rings is 3. The first kappa shape index (κ1) is 26.2. The van der Waals surface area contributed by atoms with Gasteiger partial charge in [-0.15, -0.1) is 0 Å². The lowest BCUT2D eigenvalue weighted by atomic mass is 10.1. The first-order valence-corrected chi connectivity index (χ1v) is 13.0. The number of amides is 1. The molecule has 8 heteroatoms. The molecule has 1 N–H and O–H groups in total. The summed E-state index contributed by atoms with van der Waals surface area (Å²) in [6.45, 7) is 7.39. The predicted octanol–water partition coefficient (Wildman–Crippen LogP) is 5.73. The van der Waals surface area contributed by atoms with Crippen molar-refractivity contribution in [3.63, 3.8) is 0 Å². The van der Waals surface area contributed by atoms with Crippen molar-refractivity contribution in [1.82, 2.24) is 9.62 Å². The van der Waals surface area contributed by atoms with Gasteiger partial charge in [-0.05, 0) is 62.1 Å². The number of rotatable bonds is 8. The molecule has 0 spiro atoms. The van der Waals surface area contributed by atoms with Crippen molar-refractivity contribution in [1.29, 1.82) is 0 Å². The highest BCUT2D eigenvalue weighted by Crippen LogP contribution is 2.28. The Morgan fingerprint density at radius 1 is 0.824 bits per heavy atom. The Hall–Kier alpha value is -2.38. The number of carbonyl (C=O) groups excluding carboxylic acids is 1. The Balaban J connectivity index is 1.90. The van der Waals surface area contributed by atoms with E-state index in [9.17, 15) is 13.2 Å². The van der Waals surface area contributed by atoms with E-state index in [-0.39, 0.29) is 18.0 Å². The molecule has 0 fully saturated rings. The molecule has 0 aromatic heterocycles. The van der Waals surface area contributed by atoms with Gasteiger partial charge in [0.25, 0.3) is 0 Å². The van der Waals surface area contributed by atoms with E-state index in [0.717, 1.165) is 16.7 Å². The van der Waals surface area contributed by atoms with Gasteiger partial charge < -0.3 is 5.32 Å². The average Bonchev–Trinajstić information content (AvgIpc) is 2.74. The van der Waals surface area contributed by atoms with E-state index in [0.29, 0.717) is 33.3 Å². The van der Waals surface area contributed by atoms with Gasteiger partial charge in [0.2, 0.25) is 15.9 Å². The summed E-state index contributed by atoms with van der Waals surface area (Å²) in [5.41, 5.74) is 4.93. The van der Waals surface area contributed by atoms with Crippen LogP contribution in [0.4, 0.5) is 0 Å². The normalized spacial score (nSPS) is 11.6. The van der Waals surface area contributed by atoms with Crippen LogP contribution in [-0.2, 0) is 27.9 Å². The quantitative estimate of drug-likeness (QED) is 0.413. The van der Waals surface area contributed by atoms with E-state index >= 15 is 0 Å². The topological polar surface area (TPSA) is 66.5 Å². The molecule has 1 amide bonds. The van der Waals surface area contributed by atoms with E-state index in [4.69, 9.17) is 23.2 Å². The van der Waals surface area contributed by atoms with Crippen molar-refractivity contribution in [3.8, 4) is 0 Å². The maximum Gasteiger partial charge on any atom is 0.244 e. The molecule has 0 saturated carbocycles. The van der Waals surface area contributed by atoms with Crippen LogP contribution in [0.1, 0.15) is 33.4 Å². The third-order valence-corrected chi connectivity index (χ3v) is 8.31. The zero-order chi connectivity index (χ0) is 25.0. The van der Waals surface area contributed by atoms with Gasteiger partial charge in [0, 0.05) is 13.1 Å². The summed E-state index contributed by atoms with van der Waals surface area (Å²) in [4.78, 5) is 13.1. The molecule has 180 valence electrons. The number of halogens is 2. The van der Waals surface area contributed by atoms with Gasteiger partial charge in [-0.25, -0.2) is 8.42 Å². The summed E-state index contributed by atoms with van der Waals surface area (Å²) < 4.78 is 28.7. The Labute approximate surface area is 211 Å². The van der Waals surface area contributed by atoms with Gasteiger partial charge in [0.1, 0.15) is 0 Å². The van der Waals surface area contributed by atoms with Gasteiger partial charge in [-0.3, -0.25) is 4.79 Å². The van der Waals surface area contributed by atoms with E-state index < -0.39 is 15.9 Å². The van der Waals surface area contributed by atoms with Crippen LogP contribution in [0.15, 0.2) is 59.5 Å². The van der Waals surface area contributed by atoms with Crippen molar-refractivity contribution in [3.05, 3.63) is 98.0 Å². The van der Waals surface area contributed by atoms with Crippen molar-refractivity contribution < 1.29 is 13.2 Å². The average molecular weight is 519 g/mol. The molecule has 0 heterocycles. The second-order valence-electron chi connectivity index (χ2n) is 8.51. The van der Waals surface area contributed by atoms with Crippen LogP contribution >= 0.6 is 23.2 Å². The molecule has 34 heavy (non-hydrogen) atoms. The number of hydrogen-bond acceptors (Lipinski definition) is 3. The molecule has 0 bridgehead atoms. The Morgan fingerprint density at radius 3 is 2.00 bits per heavy atom. The summed E-state index contributed by atoms with van der Waals surface area (Å²) in [6, 6.07) is 16.4. The first-order chi connectivity index (χ1) is 16.0. The second kappa shape index (κ2) is 10.9. The molecule has 0 radical (unpaired) electrons. The van der Waals surface area contributed by atoms with Crippen LogP contribution in [0.2, 0.25) is 10.0 Å².